The number of aromatic nitrogens is 3. The molecule has 0 saturated carbocycles. The lowest BCUT2D eigenvalue weighted by Crippen LogP contribution is -2.15. The van der Waals surface area contributed by atoms with Crippen LogP contribution >= 0.6 is 0 Å². The van der Waals surface area contributed by atoms with E-state index in [0.29, 0.717) is 11.5 Å². The zero-order valence-electron chi connectivity index (χ0n) is 12.4. The molecule has 2 aromatic heterocycles. The predicted molar refractivity (Wildman–Crippen MR) is 83.6 cm³/mol. The summed E-state index contributed by atoms with van der Waals surface area (Å²) in [7, 11) is 0. The van der Waals surface area contributed by atoms with Crippen LogP contribution in [0, 0.1) is 0 Å². The van der Waals surface area contributed by atoms with E-state index in [-0.39, 0.29) is 5.91 Å². The van der Waals surface area contributed by atoms with Crippen molar-refractivity contribution in [2.75, 3.05) is 17.2 Å². The highest BCUT2D eigenvalue weighted by atomic mass is 16.1. The summed E-state index contributed by atoms with van der Waals surface area (Å²) in [5.74, 6) is 0.994. The van der Waals surface area contributed by atoms with Gasteiger partial charge in [0, 0.05) is 30.2 Å². The Morgan fingerprint density at radius 1 is 1.29 bits per heavy atom. The maximum atomic E-state index is 12.3. The first-order chi connectivity index (χ1) is 10.2. The summed E-state index contributed by atoms with van der Waals surface area (Å²) in [5, 5.41) is 5.96. The van der Waals surface area contributed by atoms with E-state index in [1.807, 2.05) is 6.07 Å². The number of amides is 1. The molecule has 0 aliphatic carbocycles. The van der Waals surface area contributed by atoms with Gasteiger partial charge in [-0.1, -0.05) is 20.3 Å². The molecule has 3 N–H and O–H groups in total. The van der Waals surface area contributed by atoms with Crippen molar-refractivity contribution < 1.29 is 4.79 Å². The van der Waals surface area contributed by atoms with Crippen LogP contribution in [-0.2, 0) is 6.42 Å². The van der Waals surface area contributed by atoms with Crippen molar-refractivity contribution in [3.63, 3.8) is 0 Å². The second kappa shape index (κ2) is 7.42. The van der Waals surface area contributed by atoms with Crippen LogP contribution < -0.4 is 10.6 Å². The smallest absolute Gasteiger partial charge is 0.258 e. The van der Waals surface area contributed by atoms with Crippen LogP contribution in [0.4, 0.5) is 11.8 Å². The summed E-state index contributed by atoms with van der Waals surface area (Å²) < 4.78 is 0. The van der Waals surface area contributed by atoms with Gasteiger partial charge in [-0.25, -0.2) is 9.97 Å². The molecule has 2 aromatic rings. The van der Waals surface area contributed by atoms with Crippen molar-refractivity contribution in [2.24, 2.45) is 0 Å². The molecule has 0 aliphatic rings. The average Bonchev–Trinajstić information content (AvgIpc) is 2.98. The molecule has 112 valence electrons. The Hall–Kier alpha value is -2.37. The van der Waals surface area contributed by atoms with Gasteiger partial charge in [0.05, 0.1) is 0 Å². The van der Waals surface area contributed by atoms with Crippen LogP contribution in [0.1, 0.15) is 42.7 Å². The second-order valence-electron chi connectivity index (χ2n) is 4.80. The van der Waals surface area contributed by atoms with E-state index in [0.717, 1.165) is 37.3 Å². The lowest BCUT2D eigenvalue weighted by molar-refractivity contribution is 0.102. The largest absolute Gasteiger partial charge is 0.370 e. The van der Waals surface area contributed by atoms with Crippen LogP contribution in [0.5, 0.6) is 0 Å². The zero-order chi connectivity index (χ0) is 15.1. The Morgan fingerprint density at radius 2 is 2.14 bits per heavy atom. The van der Waals surface area contributed by atoms with Gasteiger partial charge in [-0.05, 0) is 25.0 Å². The molecule has 0 bridgehead atoms. The maximum Gasteiger partial charge on any atom is 0.258 e. The summed E-state index contributed by atoms with van der Waals surface area (Å²) in [6.45, 7) is 5.02. The number of pyridine rings is 1. The van der Waals surface area contributed by atoms with Crippen molar-refractivity contribution in [1.82, 2.24) is 15.0 Å². The number of nitrogens with one attached hydrogen (secondary N) is 3. The number of aromatic amines is 1. The fourth-order valence-corrected chi connectivity index (χ4v) is 1.96. The number of aryl methyl sites for hydroxylation is 1. The third-order valence-electron chi connectivity index (χ3n) is 2.93. The molecule has 21 heavy (non-hydrogen) atoms. The highest BCUT2D eigenvalue weighted by Gasteiger charge is 2.11. The summed E-state index contributed by atoms with van der Waals surface area (Å²) in [6.07, 6.45) is 6.11. The van der Waals surface area contributed by atoms with E-state index < -0.39 is 0 Å². The van der Waals surface area contributed by atoms with Crippen molar-refractivity contribution in [3.05, 3.63) is 35.8 Å². The molecule has 2 heterocycles. The van der Waals surface area contributed by atoms with E-state index in [1.165, 1.54) is 0 Å². The monoisotopic (exact) mass is 287 g/mol. The maximum absolute atomic E-state index is 12.3. The number of imidazole rings is 1. The minimum absolute atomic E-state index is 0.191. The third-order valence-corrected chi connectivity index (χ3v) is 2.93. The van der Waals surface area contributed by atoms with Crippen LogP contribution in [0.2, 0.25) is 0 Å². The topological polar surface area (TPSA) is 82.7 Å². The van der Waals surface area contributed by atoms with E-state index >= 15 is 0 Å². The summed E-state index contributed by atoms with van der Waals surface area (Å²) in [4.78, 5) is 23.6. The SMILES string of the molecule is CCCNc1cc(C(=O)Nc2ncc[nH]2)cc(CCC)n1. The summed E-state index contributed by atoms with van der Waals surface area (Å²) in [6, 6.07) is 3.60. The first kappa shape index (κ1) is 15.0. The first-order valence-electron chi connectivity index (χ1n) is 7.28. The standard InChI is InChI=1S/C15H21N5O/c1-3-5-12-9-11(10-13(19-12)16-6-4-2)14(21)20-15-17-7-8-18-15/h7-10H,3-6H2,1-2H3,(H,16,19)(H2,17,18,20,21). The van der Waals surface area contributed by atoms with Gasteiger partial charge >= 0.3 is 0 Å². The number of nitrogens with zero attached hydrogens (tertiary/aromatic N) is 2. The number of carbonyl (C=O) groups is 1. The molecule has 0 spiro atoms. The molecular formula is C15H21N5O. The van der Waals surface area contributed by atoms with Gasteiger partial charge in [-0.2, -0.15) is 0 Å². The highest BCUT2D eigenvalue weighted by Crippen LogP contribution is 2.13. The van der Waals surface area contributed by atoms with Crippen LogP contribution in [0.25, 0.3) is 0 Å². The molecule has 0 aromatic carbocycles. The molecule has 1 amide bonds. The van der Waals surface area contributed by atoms with Crippen LogP contribution in [0.3, 0.4) is 0 Å². The second-order valence-corrected chi connectivity index (χ2v) is 4.80. The lowest BCUT2D eigenvalue weighted by Gasteiger charge is -2.09. The predicted octanol–water partition coefficient (Wildman–Crippen LogP) is 2.83. The van der Waals surface area contributed by atoms with Crippen molar-refractivity contribution >= 4 is 17.7 Å². The van der Waals surface area contributed by atoms with E-state index in [1.54, 1.807) is 18.5 Å². The number of hydrogen-bond acceptors (Lipinski definition) is 4. The molecule has 0 fully saturated rings. The van der Waals surface area contributed by atoms with E-state index in [9.17, 15) is 4.79 Å². The fraction of sp³-hybridized carbons (Fsp3) is 0.400. The Labute approximate surface area is 124 Å². The normalized spacial score (nSPS) is 10.4. The van der Waals surface area contributed by atoms with Crippen molar-refractivity contribution in [2.45, 2.75) is 33.1 Å². The molecular weight excluding hydrogens is 266 g/mol. The molecule has 0 saturated heterocycles. The lowest BCUT2D eigenvalue weighted by atomic mass is 10.1. The van der Waals surface area contributed by atoms with Crippen molar-refractivity contribution in [1.29, 1.82) is 0 Å². The molecule has 6 heteroatoms. The molecule has 0 aliphatic heterocycles. The van der Waals surface area contributed by atoms with Gasteiger partial charge in [-0.15, -0.1) is 0 Å². The Kier molecular flexibility index (Phi) is 5.31. The fourth-order valence-electron chi connectivity index (χ4n) is 1.96. The first-order valence-corrected chi connectivity index (χ1v) is 7.28. The minimum Gasteiger partial charge on any atom is -0.370 e. The zero-order valence-corrected chi connectivity index (χ0v) is 12.4. The number of anilines is 2. The number of carbonyl (C=O) groups excluding carboxylic acids is 1. The third kappa shape index (κ3) is 4.30. The highest BCUT2D eigenvalue weighted by molar-refractivity contribution is 6.03. The molecule has 0 radical (unpaired) electrons. The van der Waals surface area contributed by atoms with Crippen LogP contribution in [-0.4, -0.2) is 27.4 Å². The minimum atomic E-state index is -0.191. The molecule has 6 nitrogen and oxygen atoms in total. The molecule has 0 atom stereocenters. The molecule has 0 unspecified atom stereocenters. The number of rotatable bonds is 7. The van der Waals surface area contributed by atoms with Gasteiger partial charge in [-0.3, -0.25) is 10.1 Å². The number of H-pyrrole nitrogens is 1. The Morgan fingerprint density at radius 3 is 2.81 bits per heavy atom. The van der Waals surface area contributed by atoms with Crippen LogP contribution in [0.15, 0.2) is 24.5 Å². The van der Waals surface area contributed by atoms with Gasteiger partial charge in [0.1, 0.15) is 5.82 Å². The van der Waals surface area contributed by atoms with Gasteiger partial charge < -0.3 is 10.3 Å². The quantitative estimate of drug-likeness (QED) is 0.731. The summed E-state index contributed by atoms with van der Waals surface area (Å²) >= 11 is 0. The van der Waals surface area contributed by atoms with Gasteiger partial charge in [0.15, 0.2) is 0 Å². The van der Waals surface area contributed by atoms with Gasteiger partial charge in [0.2, 0.25) is 5.95 Å². The Bertz CT molecular complexity index is 580. The molecule has 2 rings (SSSR count). The van der Waals surface area contributed by atoms with E-state index in [4.69, 9.17) is 0 Å². The van der Waals surface area contributed by atoms with Crippen molar-refractivity contribution in [3.8, 4) is 0 Å². The summed E-state index contributed by atoms with van der Waals surface area (Å²) in [5.41, 5.74) is 1.51. The number of hydrogen-bond donors (Lipinski definition) is 3. The average molecular weight is 287 g/mol. The Balaban J connectivity index is 2.19. The van der Waals surface area contributed by atoms with Gasteiger partial charge in [0.25, 0.3) is 5.91 Å². The van der Waals surface area contributed by atoms with E-state index in [2.05, 4.69) is 39.4 Å².